The van der Waals surface area contributed by atoms with Gasteiger partial charge < -0.3 is 5.32 Å². The fourth-order valence-corrected chi connectivity index (χ4v) is 3.20. The highest BCUT2D eigenvalue weighted by atomic mass is 35.5. The molecule has 1 aliphatic carbocycles. The lowest BCUT2D eigenvalue weighted by Gasteiger charge is -2.14. The molecule has 1 nitrogen and oxygen atoms in total. The maximum absolute atomic E-state index is 14.0. The molecule has 0 saturated carbocycles. The minimum Gasteiger partial charge on any atom is -0.310 e. The summed E-state index contributed by atoms with van der Waals surface area (Å²) in [5, 5.41) is 4.01. The van der Waals surface area contributed by atoms with Crippen molar-refractivity contribution in [3.8, 4) is 11.1 Å². The topological polar surface area (TPSA) is 12.0 Å². The first-order valence-electron chi connectivity index (χ1n) is 7.50. The molecule has 2 aromatic carbocycles. The van der Waals surface area contributed by atoms with Crippen LogP contribution in [-0.2, 0) is 6.42 Å². The molecular formula is C18H19ClFN. The summed E-state index contributed by atoms with van der Waals surface area (Å²) in [6.07, 6.45) is 3.32. The Kier molecular flexibility index (Phi) is 4.27. The average molecular weight is 304 g/mol. The summed E-state index contributed by atoms with van der Waals surface area (Å²) >= 11 is 5.82. The first-order chi connectivity index (χ1) is 10.2. The molecular weight excluding hydrogens is 285 g/mol. The molecule has 0 aliphatic heterocycles. The minimum atomic E-state index is -0.263. The molecule has 2 aromatic rings. The van der Waals surface area contributed by atoms with Crippen molar-refractivity contribution in [2.75, 3.05) is 6.54 Å². The second-order valence-electron chi connectivity index (χ2n) is 5.58. The number of rotatable bonds is 4. The molecule has 0 saturated heterocycles. The Morgan fingerprint density at radius 2 is 2.10 bits per heavy atom. The molecule has 3 rings (SSSR count). The van der Waals surface area contributed by atoms with Gasteiger partial charge in [-0.3, -0.25) is 0 Å². The molecule has 0 spiro atoms. The molecule has 0 fully saturated rings. The molecule has 1 N–H and O–H groups in total. The lowest BCUT2D eigenvalue weighted by Crippen LogP contribution is -2.19. The summed E-state index contributed by atoms with van der Waals surface area (Å²) in [7, 11) is 0. The summed E-state index contributed by atoms with van der Waals surface area (Å²) in [4.78, 5) is 0. The van der Waals surface area contributed by atoms with Crippen LogP contribution in [-0.4, -0.2) is 6.54 Å². The molecule has 1 unspecified atom stereocenters. The molecule has 0 bridgehead atoms. The van der Waals surface area contributed by atoms with Gasteiger partial charge in [0.05, 0.1) is 0 Å². The van der Waals surface area contributed by atoms with Crippen molar-refractivity contribution >= 4 is 11.6 Å². The summed E-state index contributed by atoms with van der Waals surface area (Å²) in [5.74, 6) is -0.263. The fraction of sp³-hybridized carbons (Fsp3) is 0.333. The summed E-state index contributed by atoms with van der Waals surface area (Å²) in [5.41, 5.74) is 4.24. The van der Waals surface area contributed by atoms with Gasteiger partial charge >= 0.3 is 0 Å². The lowest BCUT2D eigenvalue weighted by atomic mass is 9.99. The number of aryl methyl sites for hydroxylation is 1. The summed E-state index contributed by atoms with van der Waals surface area (Å²) in [6, 6.07) is 11.6. The van der Waals surface area contributed by atoms with Crippen LogP contribution >= 0.6 is 11.6 Å². The normalized spacial score (nSPS) is 17.0. The van der Waals surface area contributed by atoms with Crippen molar-refractivity contribution in [3.63, 3.8) is 0 Å². The van der Waals surface area contributed by atoms with Crippen LogP contribution < -0.4 is 5.32 Å². The first-order valence-corrected chi connectivity index (χ1v) is 7.88. The summed E-state index contributed by atoms with van der Waals surface area (Å²) < 4.78 is 14.0. The van der Waals surface area contributed by atoms with E-state index in [4.69, 9.17) is 11.6 Å². The van der Waals surface area contributed by atoms with Crippen molar-refractivity contribution in [1.29, 1.82) is 0 Å². The van der Waals surface area contributed by atoms with Gasteiger partial charge in [0, 0.05) is 16.6 Å². The van der Waals surface area contributed by atoms with E-state index < -0.39 is 0 Å². The number of hydrogen-bond donors (Lipinski definition) is 1. The smallest absolute Gasteiger partial charge is 0.132 e. The molecule has 0 radical (unpaired) electrons. The van der Waals surface area contributed by atoms with Crippen molar-refractivity contribution in [2.45, 2.75) is 32.2 Å². The third-order valence-corrected chi connectivity index (χ3v) is 4.34. The molecule has 110 valence electrons. The van der Waals surface area contributed by atoms with E-state index in [1.807, 2.05) is 6.07 Å². The fourth-order valence-electron chi connectivity index (χ4n) is 3.04. The zero-order chi connectivity index (χ0) is 14.8. The predicted octanol–water partition coefficient (Wildman–Crippen LogP) is 5.13. The molecule has 0 heterocycles. The zero-order valence-corrected chi connectivity index (χ0v) is 12.9. The minimum absolute atomic E-state index is 0.263. The van der Waals surface area contributed by atoms with E-state index in [2.05, 4.69) is 24.4 Å². The van der Waals surface area contributed by atoms with E-state index in [0.717, 1.165) is 31.4 Å². The Labute approximate surface area is 130 Å². The second kappa shape index (κ2) is 6.17. The van der Waals surface area contributed by atoms with Gasteiger partial charge in [0.2, 0.25) is 0 Å². The van der Waals surface area contributed by atoms with Gasteiger partial charge in [-0.05, 0) is 60.7 Å². The molecule has 3 heteroatoms. The van der Waals surface area contributed by atoms with Crippen LogP contribution in [0.1, 0.15) is 36.9 Å². The van der Waals surface area contributed by atoms with E-state index in [-0.39, 0.29) is 5.82 Å². The highest BCUT2D eigenvalue weighted by Gasteiger charge is 2.22. The molecule has 1 aliphatic rings. The van der Waals surface area contributed by atoms with E-state index in [1.54, 1.807) is 12.1 Å². The van der Waals surface area contributed by atoms with Gasteiger partial charge in [-0.1, -0.05) is 36.7 Å². The van der Waals surface area contributed by atoms with Crippen molar-refractivity contribution < 1.29 is 4.39 Å². The van der Waals surface area contributed by atoms with Crippen LogP contribution in [0, 0.1) is 5.82 Å². The van der Waals surface area contributed by atoms with Gasteiger partial charge in [0.25, 0.3) is 0 Å². The molecule has 0 amide bonds. The summed E-state index contributed by atoms with van der Waals surface area (Å²) in [6.45, 7) is 3.22. The third kappa shape index (κ3) is 2.97. The predicted molar refractivity (Wildman–Crippen MR) is 86.2 cm³/mol. The van der Waals surface area contributed by atoms with E-state index in [1.165, 1.54) is 17.2 Å². The number of fused-ring (bicyclic) bond motifs is 1. The first kappa shape index (κ1) is 14.6. The van der Waals surface area contributed by atoms with E-state index >= 15 is 0 Å². The van der Waals surface area contributed by atoms with Crippen molar-refractivity contribution in [1.82, 2.24) is 5.32 Å². The Morgan fingerprint density at radius 3 is 2.86 bits per heavy atom. The molecule has 21 heavy (non-hydrogen) atoms. The maximum Gasteiger partial charge on any atom is 0.132 e. The average Bonchev–Trinajstić information content (AvgIpc) is 2.87. The van der Waals surface area contributed by atoms with Crippen LogP contribution in [0.2, 0.25) is 5.02 Å². The van der Waals surface area contributed by atoms with E-state index in [0.29, 0.717) is 16.6 Å². The highest BCUT2D eigenvalue weighted by Crippen LogP contribution is 2.35. The largest absolute Gasteiger partial charge is 0.310 e. The monoisotopic (exact) mass is 303 g/mol. The van der Waals surface area contributed by atoms with Crippen molar-refractivity contribution in [2.24, 2.45) is 0 Å². The van der Waals surface area contributed by atoms with Gasteiger partial charge in [0.15, 0.2) is 0 Å². The molecule has 0 aromatic heterocycles. The number of hydrogen-bond acceptors (Lipinski definition) is 1. The quantitative estimate of drug-likeness (QED) is 0.825. The number of halogens is 2. The van der Waals surface area contributed by atoms with Crippen LogP contribution in [0.15, 0.2) is 36.4 Å². The highest BCUT2D eigenvalue weighted by molar-refractivity contribution is 6.30. The van der Waals surface area contributed by atoms with E-state index in [9.17, 15) is 4.39 Å². The van der Waals surface area contributed by atoms with Crippen LogP contribution in [0.25, 0.3) is 11.1 Å². The van der Waals surface area contributed by atoms with Gasteiger partial charge in [0.1, 0.15) is 5.82 Å². The lowest BCUT2D eigenvalue weighted by molar-refractivity contribution is 0.529. The third-order valence-electron chi connectivity index (χ3n) is 4.10. The Morgan fingerprint density at radius 1 is 1.24 bits per heavy atom. The van der Waals surface area contributed by atoms with Crippen molar-refractivity contribution in [3.05, 3.63) is 58.4 Å². The Hall–Kier alpha value is -1.38. The number of benzene rings is 2. The Balaban J connectivity index is 1.90. The zero-order valence-electron chi connectivity index (χ0n) is 12.1. The van der Waals surface area contributed by atoms with Crippen LogP contribution in [0.4, 0.5) is 4.39 Å². The standard InChI is InChI=1S/C18H19ClFN/c1-2-9-21-18-8-4-13-10-12(3-6-16(13)18)15-7-5-14(19)11-17(15)20/h3,5-7,10-11,18,21H,2,4,8-9H2,1H3. The van der Waals surface area contributed by atoms with Crippen LogP contribution in [0.5, 0.6) is 0 Å². The van der Waals surface area contributed by atoms with Crippen LogP contribution in [0.3, 0.4) is 0 Å². The maximum atomic E-state index is 14.0. The molecule has 1 atom stereocenters. The second-order valence-corrected chi connectivity index (χ2v) is 6.02. The number of nitrogens with one attached hydrogen (secondary N) is 1. The van der Waals surface area contributed by atoms with Gasteiger partial charge in [-0.15, -0.1) is 0 Å². The van der Waals surface area contributed by atoms with Gasteiger partial charge in [-0.25, -0.2) is 4.39 Å². The SMILES string of the molecule is CCCNC1CCc2cc(-c3ccc(Cl)cc3F)ccc21. The Bertz CT molecular complexity index is 654. The van der Waals surface area contributed by atoms with Gasteiger partial charge in [-0.2, -0.15) is 0 Å².